The number of aryl methyl sites for hydroxylation is 2. The summed E-state index contributed by atoms with van der Waals surface area (Å²) >= 11 is 0. The topological polar surface area (TPSA) is 33.6 Å². The molecule has 0 aromatic heterocycles. The van der Waals surface area contributed by atoms with Gasteiger partial charge >= 0.3 is 0 Å². The number of aliphatic imine (C=N–C) groups is 1. The lowest BCUT2D eigenvalue weighted by molar-refractivity contribution is 0.478. The predicted molar refractivity (Wildman–Crippen MR) is 89.7 cm³/mol. The molecule has 1 N–H and O–H groups in total. The van der Waals surface area contributed by atoms with E-state index in [-0.39, 0.29) is 0 Å². The van der Waals surface area contributed by atoms with Gasteiger partial charge in [-0.2, -0.15) is 0 Å². The molecule has 0 heterocycles. The van der Waals surface area contributed by atoms with E-state index in [1.807, 2.05) is 30.3 Å². The molecule has 0 saturated heterocycles. The smallest absolute Gasteiger partial charge is 0.130 e. The first-order valence-corrected chi connectivity index (χ1v) is 7.21. The van der Waals surface area contributed by atoms with E-state index in [1.54, 1.807) is 7.05 Å². The number of anilines is 1. The van der Waals surface area contributed by atoms with Gasteiger partial charge in [-0.1, -0.05) is 25.1 Å². The van der Waals surface area contributed by atoms with Gasteiger partial charge in [-0.3, -0.25) is 4.99 Å². The molecule has 3 heteroatoms. The van der Waals surface area contributed by atoms with Crippen LogP contribution in [0.4, 0.5) is 5.69 Å². The minimum Gasteiger partial charge on any atom is -0.457 e. The van der Waals surface area contributed by atoms with Crippen LogP contribution in [0.2, 0.25) is 0 Å². The number of benzene rings is 2. The highest BCUT2D eigenvalue weighted by Crippen LogP contribution is 2.30. The fourth-order valence-electron chi connectivity index (χ4n) is 2.11. The lowest BCUT2D eigenvalue weighted by Gasteiger charge is -2.15. The third-order valence-electron chi connectivity index (χ3n) is 3.38. The molecule has 2 rings (SSSR count). The van der Waals surface area contributed by atoms with Gasteiger partial charge in [0.25, 0.3) is 0 Å². The van der Waals surface area contributed by atoms with Crippen molar-refractivity contribution in [2.75, 3.05) is 12.4 Å². The Hall–Kier alpha value is -2.29. The van der Waals surface area contributed by atoms with Crippen molar-refractivity contribution in [3.8, 4) is 11.5 Å². The summed E-state index contributed by atoms with van der Waals surface area (Å²) in [7, 11) is 1.81. The number of nitrogens with zero attached hydrogens (tertiary/aromatic N) is 1. The summed E-state index contributed by atoms with van der Waals surface area (Å²) in [5.41, 5.74) is 3.31. The summed E-state index contributed by atoms with van der Waals surface area (Å²) in [6.45, 7) is 6.21. The quantitative estimate of drug-likeness (QED) is 0.636. The van der Waals surface area contributed by atoms with Crippen LogP contribution in [-0.4, -0.2) is 12.9 Å². The van der Waals surface area contributed by atoms with Crippen molar-refractivity contribution in [2.24, 2.45) is 4.99 Å². The van der Waals surface area contributed by atoms with Crippen molar-refractivity contribution >= 4 is 11.5 Å². The van der Waals surface area contributed by atoms with Gasteiger partial charge in [-0.05, 0) is 49.2 Å². The minimum absolute atomic E-state index is 0.852. The Labute approximate surface area is 126 Å². The maximum absolute atomic E-state index is 5.94. The Bertz CT molecular complexity index is 633. The standard InChI is InChI=1S/C18H22N2O/c1-5-18(19-4)20-16-11-14(3)17(12-13(16)2)21-15-9-7-6-8-10-15/h6-12H,5H2,1-4H3,(H,19,20). The van der Waals surface area contributed by atoms with Crippen LogP contribution in [0.25, 0.3) is 0 Å². The van der Waals surface area contributed by atoms with Gasteiger partial charge in [0.2, 0.25) is 0 Å². The molecule has 21 heavy (non-hydrogen) atoms. The molecule has 0 aliphatic heterocycles. The summed E-state index contributed by atoms with van der Waals surface area (Å²) < 4.78 is 5.94. The fraction of sp³-hybridized carbons (Fsp3) is 0.278. The molecule has 0 spiro atoms. The van der Waals surface area contributed by atoms with Crippen LogP contribution in [0.1, 0.15) is 24.5 Å². The van der Waals surface area contributed by atoms with Crippen molar-refractivity contribution in [1.29, 1.82) is 0 Å². The van der Waals surface area contributed by atoms with Gasteiger partial charge < -0.3 is 10.1 Å². The van der Waals surface area contributed by atoms with Crippen LogP contribution >= 0.6 is 0 Å². The Balaban J connectivity index is 2.25. The molecular weight excluding hydrogens is 260 g/mol. The lowest BCUT2D eigenvalue weighted by Crippen LogP contribution is -2.11. The second kappa shape index (κ2) is 6.93. The van der Waals surface area contributed by atoms with E-state index < -0.39 is 0 Å². The van der Waals surface area contributed by atoms with Gasteiger partial charge in [0.15, 0.2) is 0 Å². The zero-order chi connectivity index (χ0) is 15.2. The van der Waals surface area contributed by atoms with Gasteiger partial charge in [-0.15, -0.1) is 0 Å². The molecular formula is C18H22N2O. The molecule has 110 valence electrons. The molecule has 0 aliphatic rings. The number of hydrogen-bond acceptors (Lipinski definition) is 2. The van der Waals surface area contributed by atoms with Gasteiger partial charge in [-0.25, -0.2) is 0 Å². The molecule has 0 saturated carbocycles. The molecule has 0 aliphatic carbocycles. The second-order valence-electron chi connectivity index (χ2n) is 5.00. The van der Waals surface area contributed by atoms with Crippen molar-refractivity contribution in [2.45, 2.75) is 27.2 Å². The Morgan fingerprint density at radius 3 is 2.43 bits per heavy atom. The summed E-state index contributed by atoms with van der Waals surface area (Å²) in [5.74, 6) is 2.72. The summed E-state index contributed by atoms with van der Waals surface area (Å²) in [4.78, 5) is 4.24. The molecule has 0 radical (unpaired) electrons. The summed E-state index contributed by atoms with van der Waals surface area (Å²) in [5, 5.41) is 3.37. The predicted octanol–water partition coefficient (Wildman–Crippen LogP) is 4.95. The highest BCUT2D eigenvalue weighted by atomic mass is 16.5. The normalized spacial score (nSPS) is 11.3. The molecule has 3 nitrogen and oxygen atoms in total. The Morgan fingerprint density at radius 2 is 1.81 bits per heavy atom. The van der Waals surface area contributed by atoms with Crippen LogP contribution in [-0.2, 0) is 0 Å². The minimum atomic E-state index is 0.852. The highest BCUT2D eigenvalue weighted by molar-refractivity contribution is 5.96. The van der Waals surface area contributed by atoms with Crippen molar-refractivity contribution in [1.82, 2.24) is 0 Å². The van der Waals surface area contributed by atoms with Crippen molar-refractivity contribution in [3.63, 3.8) is 0 Å². The number of ether oxygens (including phenoxy) is 1. The maximum atomic E-state index is 5.94. The number of amidine groups is 1. The number of nitrogens with one attached hydrogen (secondary N) is 1. The number of rotatable bonds is 4. The zero-order valence-corrected chi connectivity index (χ0v) is 13.1. The Morgan fingerprint density at radius 1 is 1.10 bits per heavy atom. The molecule has 0 fully saturated rings. The summed E-state index contributed by atoms with van der Waals surface area (Å²) in [6.07, 6.45) is 0.886. The third kappa shape index (κ3) is 3.85. The van der Waals surface area contributed by atoms with Crippen LogP contribution < -0.4 is 10.1 Å². The maximum Gasteiger partial charge on any atom is 0.130 e. The second-order valence-corrected chi connectivity index (χ2v) is 5.00. The highest BCUT2D eigenvalue weighted by Gasteiger charge is 2.07. The first-order chi connectivity index (χ1) is 10.1. The molecule has 2 aromatic rings. The molecule has 0 unspecified atom stereocenters. The van der Waals surface area contributed by atoms with E-state index >= 15 is 0 Å². The van der Waals surface area contributed by atoms with E-state index in [9.17, 15) is 0 Å². The van der Waals surface area contributed by atoms with Crippen molar-refractivity contribution < 1.29 is 4.74 Å². The number of hydrogen-bond donors (Lipinski definition) is 1. The lowest BCUT2D eigenvalue weighted by atomic mass is 10.1. The average molecular weight is 282 g/mol. The first-order valence-electron chi connectivity index (χ1n) is 7.21. The zero-order valence-electron chi connectivity index (χ0n) is 13.1. The SMILES string of the molecule is CCC(=NC)Nc1cc(C)c(Oc2ccccc2)cc1C. The van der Waals surface area contributed by atoms with Gasteiger partial charge in [0.05, 0.1) is 0 Å². The summed E-state index contributed by atoms with van der Waals surface area (Å²) in [6, 6.07) is 14.0. The largest absolute Gasteiger partial charge is 0.457 e. The van der Waals surface area contributed by atoms with Crippen LogP contribution in [0.3, 0.4) is 0 Å². The van der Waals surface area contributed by atoms with E-state index in [2.05, 4.69) is 43.2 Å². The van der Waals surface area contributed by atoms with E-state index in [0.29, 0.717) is 0 Å². The average Bonchev–Trinajstić information content (AvgIpc) is 2.50. The Kier molecular flexibility index (Phi) is 4.99. The fourth-order valence-corrected chi connectivity index (χ4v) is 2.11. The number of para-hydroxylation sites is 1. The molecule has 0 amide bonds. The van der Waals surface area contributed by atoms with Crippen LogP contribution in [0, 0.1) is 13.8 Å². The molecule has 2 aromatic carbocycles. The van der Waals surface area contributed by atoms with E-state index in [0.717, 1.165) is 40.6 Å². The van der Waals surface area contributed by atoms with E-state index in [1.165, 1.54) is 0 Å². The molecule has 0 atom stereocenters. The first kappa shape index (κ1) is 15.1. The van der Waals surface area contributed by atoms with E-state index in [4.69, 9.17) is 4.74 Å². The van der Waals surface area contributed by atoms with Crippen LogP contribution in [0.5, 0.6) is 11.5 Å². The molecule has 0 bridgehead atoms. The van der Waals surface area contributed by atoms with Crippen molar-refractivity contribution in [3.05, 3.63) is 53.6 Å². The van der Waals surface area contributed by atoms with Crippen LogP contribution in [0.15, 0.2) is 47.5 Å². The monoisotopic (exact) mass is 282 g/mol. The van der Waals surface area contributed by atoms with Gasteiger partial charge in [0, 0.05) is 19.2 Å². The third-order valence-corrected chi connectivity index (χ3v) is 3.38. The van der Waals surface area contributed by atoms with Gasteiger partial charge in [0.1, 0.15) is 17.3 Å².